The molecule has 3 aliphatic rings. The summed E-state index contributed by atoms with van der Waals surface area (Å²) in [6.07, 6.45) is -3.87. The lowest BCUT2D eigenvalue weighted by molar-refractivity contribution is -0.191. The van der Waals surface area contributed by atoms with Gasteiger partial charge in [0.15, 0.2) is 11.8 Å². The van der Waals surface area contributed by atoms with E-state index in [2.05, 4.69) is 5.32 Å². The van der Waals surface area contributed by atoms with Gasteiger partial charge in [-0.3, -0.25) is 14.9 Å². The second-order valence-corrected chi connectivity index (χ2v) is 5.75. The van der Waals surface area contributed by atoms with E-state index in [1.165, 1.54) is 0 Å². The van der Waals surface area contributed by atoms with Crippen LogP contribution in [0.2, 0.25) is 0 Å². The summed E-state index contributed by atoms with van der Waals surface area (Å²) in [5.74, 6) is -0.289. The van der Waals surface area contributed by atoms with Gasteiger partial charge in [0.1, 0.15) is 18.8 Å². The van der Waals surface area contributed by atoms with Gasteiger partial charge >= 0.3 is 0 Å². The molecule has 0 aromatic carbocycles. The number of aliphatic hydroxyl groups excluding tert-OH is 2. The van der Waals surface area contributed by atoms with Crippen LogP contribution >= 0.6 is 0 Å². The van der Waals surface area contributed by atoms with Crippen LogP contribution in [0.1, 0.15) is 6.42 Å². The number of rotatable bonds is 5. The highest BCUT2D eigenvalue weighted by molar-refractivity contribution is 5.39. The Balaban J connectivity index is 1.90. The van der Waals surface area contributed by atoms with Gasteiger partial charge in [0.05, 0.1) is 12.2 Å². The SMILES string of the molecule is O=COC[C@@]12O[C@H]3[C@H](O)[C@H](O)CCO[C@H]3C1CN[C@H]2OC=O. The van der Waals surface area contributed by atoms with Crippen LogP contribution in [0.4, 0.5) is 0 Å². The molecule has 22 heavy (non-hydrogen) atoms. The van der Waals surface area contributed by atoms with E-state index >= 15 is 0 Å². The summed E-state index contributed by atoms with van der Waals surface area (Å²) in [6.45, 7) is 1.11. The summed E-state index contributed by atoms with van der Waals surface area (Å²) in [5, 5.41) is 23.1. The third kappa shape index (κ3) is 2.29. The number of ether oxygens (including phenoxy) is 4. The zero-order chi connectivity index (χ0) is 15.7. The Morgan fingerprint density at radius 3 is 2.82 bits per heavy atom. The largest absolute Gasteiger partial charge is 0.465 e. The van der Waals surface area contributed by atoms with E-state index in [-0.39, 0.29) is 32.1 Å². The van der Waals surface area contributed by atoms with Crippen LogP contribution in [0.15, 0.2) is 0 Å². The Bertz CT molecular complexity index is 434. The maximum atomic E-state index is 10.7. The Hall–Kier alpha value is -1.26. The molecule has 124 valence electrons. The summed E-state index contributed by atoms with van der Waals surface area (Å²) in [7, 11) is 0. The Kier molecular flexibility index (Phi) is 4.33. The summed E-state index contributed by atoms with van der Waals surface area (Å²) in [6, 6.07) is 0. The monoisotopic (exact) mass is 317 g/mol. The standard InChI is InChI=1S/C13H19NO8/c15-5-19-4-13-7(3-14-12(13)21-6-16)10-11(22-13)9(18)8(17)1-2-20-10/h5-12,14,17-18H,1-4H2/t7?,8-,9-,10+,11+,12+,13-/m1/s1. The normalized spacial score (nSPS) is 47.2. The Morgan fingerprint density at radius 1 is 1.27 bits per heavy atom. The van der Waals surface area contributed by atoms with Crippen LogP contribution in [0, 0.1) is 5.92 Å². The zero-order valence-corrected chi connectivity index (χ0v) is 11.8. The van der Waals surface area contributed by atoms with Crippen molar-refractivity contribution in [1.82, 2.24) is 5.32 Å². The zero-order valence-electron chi connectivity index (χ0n) is 11.8. The van der Waals surface area contributed by atoms with E-state index in [0.29, 0.717) is 13.0 Å². The molecule has 9 nitrogen and oxygen atoms in total. The Morgan fingerprint density at radius 2 is 2.09 bits per heavy atom. The van der Waals surface area contributed by atoms with Crippen molar-refractivity contribution in [2.75, 3.05) is 19.8 Å². The molecule has 0 bridgehead atoms. The summed E-state index contributed by atoms with van der Waals surface area (Å²) >= 11 is 0. The topological polar surface area (TPSA) is 124 Å². The molecule has 0 amide bonds. The van der Waals surface area contributed by atoms with Gasteiger partial charge in [0.25, 0.3) is 12.9 Å². The fraction of sp³-hybridized carbons (Fsp3) is 0.846. The second kappa shape index (κ2) is 6.09. The molecule has 0 spiro atoms. The van der Waals surface area contributed by atoms with E-state index in [1.807, 2.05) is 0 Å². The van der Waals surface area contributed by atoms with Gasteiger partial charge < -0.3 is 29.2 Å². The molecule has 9 heteroatoms. The number of aliphatic hydroxyl groups is 2. The first-order valence-corrected chi connectivity index (χ1v) is 7.17. The number of hydrogen-bond acceptors (Lipinski definition) is 9. The predicted molar refractivity (Wildman–Crippen MR) is 68.4 cm³/mol. The molecule has 3 N–H and O–H groups in total. The van der Waals surface area contributed by atoms with Crippen molar-refractivity contribution in [3.8, 4) is 0 Å². The van der Waals surface area contributed by atoms with Crippen LogP contribution in [-0.4, -0.2) is 79.2 Å². The lowest BCUT2D eigenvalue weighted by atomic mass is 9.86. The van der Waals surface area contributed by atoms with Crippen molar-refractivity contribution in [1.29, 1.82) is 0 Å². The van der Waals surface area contributed by atoms with Gasteiger partial charge in [-0.05, 0) is 6.42 Å². The average molecular weight is 317 g/mol. The first kappa shape index (κ1) is 15.6. The number of fused-ring (bicyclic) bond motifs is 3. The van der Waals surface area contributed by atoms with E-state index < -0.39 is 36.2 Å². The molecule has 0 saturated carbocycles. The maximum Gasteiger partial charge on any atom is 0.294 e. The molecule has 3 fully saturated rings. The van der Waals surface area contributed by atoms with Crippen LogP contribution in [0.3, 0.4) is 0 Å². The minimum atomic E-state index is -1.14. The molecule has 1 unspecified atom stereocenters. The number of carbonyl (C=O) groups excluding carboxylic acids is 2. The molecule has 0 aromatic heterocycles. The number of nitrogens with one attached hydrogen (secondary N) is 1. The molecule has 0 aliphatic carbocycles. The van der Waals surface area contributed by atoms with E-state index in [0.717, 1.165) is 0 Å². The lowest BCUT2D eigenvalue weighted by Crippen LogP contribution is -2.52. The second-order valence-electron chi connectivity index (χ2n) is 5.75. The summed E-state index contributed by atoms with van der Waals surface area (Å²) in [5.41, 5.74) is -1.14. The van der Waals surface area contributed by atoms with Gasteiger partial charge in [0.2, 0.25) is 0 Å². The molecule has 3 saturated heterocycles. The van der Waals surface area contributed by atoms with Crippen molar-refractivity contribution >= 4 is 12.9 Å². The lowest BCUT2D eigenvalue weighted by Gasteiger charge is -2.33. The molecule has 0 radical (unpaired) electrons. The number of carbonyl (C=O) groups is 2. The quantitative estimate of drug-likeness (QED) is 0.473. The third-order valence-corrected chi connectivity index (χ3v) is 4.69. The van der Waals surface area contributed by atoms with Gasteiger partial charge in [-0.15, -0.1) is 0 Å². The van der Waals surface area contributed by atoms with Crippen LogP contribution in [-0.2, 0) is 28.5 Å². The fourth-order valence-corrected chi connectivity index (χ4v) is 3.66. The van der Waals surface area contributed by atoms with Gasteiger partial charge in [-0.25, -0.2) is 0 Å². The highest BCUT2D eigenvalue weighted by atomic mass is 16.6. The first-order chi connectivity index (χ1) is 10.6. The van der Waals surface area contributed by atoms with Crippen molar-refractivity contribution in [2.45, 2.75) is 42.7 Å². The van der Waals surface area contributed by atoms with Crippen molar-refractivity contribution < 1.29 is 38.7 Å². The predicted octanol–water partition coefficient (Wildman–Crippen LogP) is -2.47. The van der Waals surface area contributed by atoms with Crippen molar-refractivity contribution in [3.63, 3.8) is 0 Å². The molecule has 0 aromatic rings. The molecule has 3 rings (SSSR count). The fourth-order valence-electron chi connectivity index (χ4n) is 3.66. The minimum absolute atomic E-state index is 0.147. The molecular weight excluding hydrogens is 298 g/mol. The maximum absolute atomic E-state index is 10.7. The summed E-state index contributed by atoms with van der Waals surface area (Å²) < 4.78 is 21.5. The minimum Gasteiger partial charge on any atom is -0.465 e. The molecule has 3 aliphatic heterocycles. The van der Waals surface area contributed by atoms with Crippen molar-refractivity contribution in [3.05, 3.63) is 0 Å². The van der Waals surface area contributed by atoms with E-state index in [4.69, 9.17) is 18.9 Å². The molecular formula is C13H19NO8. The van der Waals surface area contributed by atoms with Crippen LogP contribution < -0.4 is 5.32 Å². The van der Waals surface area contributed by atoms with E-state index in [9.17, 15) is 19.8 Å². The Labute approximate surface area is 126 Å². The smallest absolute Gasteiger partial charge is 0.294 e. The number of hydrogen-bond donors (Lipinski definition) is 3. The third-order valence-electron chi connectivity index (χ3n) is 4.69. The van der Waals surface area contributed by atoms with Crippen LogP contribution in [0.25, 0.3) is 0 Å². The van der Waals surface area contributed by atoms with Crippen molar-refractivity contribution in [2.24, 2.45) is 5.92 Å². The molecule has 7 atom stereocenters. The van der Waals surface area contributed by atoms with Gasteiger partial charge in [-0.2, -0.15) is 0 Å². The highest BCUT2D eigenvalue weighted by Crippen LogP contribution is 2.46. The molecule has 3 heterocycles. The average Bonchev–Trinajstić information content (AvgIpc) is 2.96. The van der Waals surface area contributed by atoms with Gasteiger partial charge in [0, 0.05) is 19.1 Å². The highest BCUT2D eigenvalue weighted by Gasteiger charge is 2.66. The summed E-state index contributed by atoms with van der Waals surface area (Å²) in [4.78, 5) is 21.3. The van der Waals surface area contributed by atoms with Gasteiger partial charge in [-0.1, -0.05) is 0 Å². The first-order valence-electron chi connectivity index (χ1n) is 7.17. The van der Waals surface area contributed by atoms with Crippen LogP contribution in [0.5, 0.6) is 0 Å². The van der Waals surface area contributed by atoms with E-state index in [1.54, 1.807) is 0 Å².